The molecule has 1 N–H and O–H groups in total. The molecule has 1 amide bonds. The highest BCUT2D eigenvalue weighted by Crippen LogP contribution is 2.29. The van der Waals surface area contributed by atoms with Gasteiger partial charge in [-0.25, -0.2) is 4.98 Å². The van der Waals surface area contributed by atoms with Gasteiger partial charge in [0.1, 0.15) is 31.1 Å². The van der Waals surface area contributed by atoms with Gasteiger partial charge >= 0.3 is 0 Å². The Bertz CT molecular complexity index is 961. The zero-order valence-corrected chi connectivity index (χ0v) is 17.2. The van der Waals surface area contributed by atoms with Gasteiger partial charge in [-0.3, -0.25) is 9.48 Å². The van der Waals surface area contributed by atoms with E-state index in [2.05, 4.69) is 10.1 Å². The van der Waals surface area contributed by atoms with Crippen LogP contribution in [0.25, 0.3) is 0 Å². The molecule has 3 aromatic rings. The fourth-order valence-corrected chi connectivity index (χ4v) is 3.74. The number of likely N-dealkylation sites (tertiary alicyclic amines) is 1. The fraction of sp³-hybridized carbons (Fsp3) is 0.318. The van der Waals surface area contributed by atoms with E-state index in [1.54, 1.807) is 35.3 Å². The number of carbonyl (C=O) groups excluding carboxylic acids is 1. The Hall–Kier alpha value is -2.90. The number of aromatic nitrogens is 3. The molecule has 0 spiro atoms. The number of aliphatic hydroxyl groups excluding tert-OH is 1. The van der Waals surface area contributed by atoms with Crippen molar-refractivity contribution in [1.29, 1.82) is 0 Å². The molecule has 1 saturated heterocycles. The molecular formula is C22H23ClN4O3. The van der Waals surface area contributed by atoms with Gasteiger partial charge < -0.3 is 14.7 Å². The molecular weight excluding hydrogens is 404 g/mol. The van der Waals surface area contributed by atoms with E-state index in [-0.39, 0.29) is 12.5 Å². The summed E-state index contributed by atoms with van der Waals surface area (Å²) in [4.78, 5) is 18.6. The van der Waals surface area contributed by atoms with Crippen molar-refractivity contribution >= 4 is 17.5 Å². The van der Waals surface area contributed by atoms with Crippen molar-refractivity contribution in [2.24, 2.45) is 0 Å². The molecule has 7 nitrogen and oxygen atoms in total. The molecule has 156 valence electrons. The SMILES string of the molecule is O=C(c1ccc(OC[C@H](O)Cn2cncn2)cc1)N1CC[C@H](c2ccc(Cl)cc2)C1. The molecule has 0 aliphatic carbocycles. The molecule has 1 aromatic heterocycles. The first kappa shape index (κ1) is 20.4. The predicted molar refractivity (Wildman–Crippen MR) is 113 cm³/mol. The van der Waals surface area contributed by atoms with E-state index in [4.69, 9.17) is 16.3 Å². The first-order valence-electron chi connectivity index (χ1n) is 9.86. The van der Waals surface area contributed by atoms with Crippen LogP contribution in [0, 0.1) is 0 Å². The van der Waals surface area contributed by atoms with Crippen LogP contribution in [0.15, 0.2) is 61.2 Å². The van der Waals surface area contributed by atoms with Crippen LogP contribution in [0.4, 0.5) is 0 Å². The molecule has 2 atom stereocenters. The summed E-state index contributed by atoms with van der Waals surface area (Å²) >= 11 is 5.97. The van der Waals surface area contributed by atoms with Crippen molar-refractivity contribution in [1.82, 2.24) is 19.7 Å². The van der Waals surface area contributed by atoms with Gasteiger partial charge in [-0.15, -0.1) is 0 Å². The Kier molecular flexibility index (Phi) is 6.30. The molecule has 1 aliphatic rings. The van der Waals surface area contributed by atoms with Crippen LogP contribution in [0.1, 0.15) is 28.3 Å². The second-order valence-corrected chi connectivity index (χ2v) is 7.83. The molecule has 2 heterocycles. The number of benzene rings is 2. The van der Waals surface area contributed by atoms with Crippen LogP contribution in [0.5, 0.6) is 5.75 Å². The van der Waals surface area contributed by atoms with Crippen LogP contribution in [-0.4, -0.2) is 56.5 Å². The Morgan fingerprint density at radius 2 is 1.97 bits per heavy atom. The lowest BCUT2D eigenvalue weighted by Crippen LogP contribution is -2.28. The lowest BCUT2D eigenvalue weighted by Gasteiger charge is -2.17. The molecule has 1 fully saturated rings. The molecule has 4 rings (SSSR count). The zero-order valence-electron chi connectivity index (χ0n) is 16.4. The third-order valence-corrected chi connectivity index (χ3v) is 5.48. The monoisotopic (exact) mass is 426 g/mol. The Morgan fingerprint density at radius 1 is 1.20 bits per heavy atom. The van der Waals surface area contributed by atoms with E-state index in [1.165, 1.54) is 11.9 Å². The van der Waals surface area contributed by atoms with Crippen LogP contribution in [-0.2, 0) is 6.54 Å². The van der Waals surface area contributed by atoms with Gasteiger partial charge in [0.05, 0.1) is 6.54 Å². The smallest absolute Gasteiger partial charge is 0.253 e. The summed E-state index contributed by atoms with van der Waals surface area (Å²) in [5.41, 5.74) is 1.84. The lowest BCUT2D eigenvalue weighted by atomic mass is 9.99. The van der Waals surface area contributed by atoms with Crippen LogP contribution < -0.4 is 4.74 Å². The lowest BCUT2D eigenvalue weighted by molar-refractivity contribution is 0.0789. The van der Waals surface area contributed by atoms with E-state index < -0.39 is 6.10 Å². The molecule has 0 radical (unpaired) electrons. The number of rotatable bonds is 7. The van der Waals surface area contributed by atoms with E-state index >= 15 is 0 Å². The molecule has 1 aliphatic heterocycles. The molecule has 0 bridgehead atoms. The number of hydrogen-bond acceptors (Lipinski definition) is 5. The number of hydrogen-bond donors (Lipinski definition) is 1. The van der Waals surface area contributed by atoms with Crippen molar-refractivity contribution in [2.45, 2.75) is 25.0 Å². The second kappa shape index (κ2) is 9.28. The minimum Gasteiger partial charge on any atom is -0.491 e. The number of amides is 1. The van der Waals surface area contributed by atoms with E-state index in [9.17, 15) is 9.90 Å². The third kappa shape index (κ3) is 4.98. The van der Waals surface area contributed by atoms with Crippen LogP contribution >= 0.6 is 11.6 Å². The minimum absolute atomic E-state index is 0.0178. The van der Waals surface area contributed by atoms with E-state index in [1.807, 2.05) is 29.2 Å². The van der Waals surface area contributed by atoms with Gasteiger partial charge in [0.25, 0.3) is 5.91 Å². The van der Waals surface area contributed by atoms with E-state index in [0.717, 1.165) is 18.0 Å². The highest BCUT2D eigenvalue weighted by molar-refractivity contribution is 6.30. The average Bonchev–Trinajstić information content (AvgIpc) is 3.45. The Morgan fingerprint density at radius 3 is 2.67 bits per heavy atom. The largest absolute Gasteiger partial charge is 0.491 e. The van der Waals surface area contributed by atoms with Crippen LogP contribution in [0.3, 0.4) is 0 Å². The normalized spacial score (nSPS) is 17.1. The summed E-state index contributed by atoms with van der Waals surface area (Å²) in [6, 6.07) is 14.9. The van der Waals surface area contributed by atoms with Crippen molar-refractivity contribution in [2.75, 3.05) is 19.7 Å². The van der Waals surface area contributed by atoms with Gasteiger partial charge in [-0.2, -0.15) is 5.10 Å². The summed E-state index contributed by atoms with van der Waals surface area (Å²) in [6.07, 6.45) is 3.20. The summed E-state index contributed by atoms with van der Waals surface area (Å²) in [7, 11) is 0. The summed E-state index contributed by atoms with van der Waals surface area (Å²) < 4.78 is 7.16. The summed E-state index contributed by atoms with van der Waals surface area (Å²) in [5.74, 6) is 0.953. The minimum atomic E-state index is -0.706. The number of nitrogens with zero attached hydrogens (tertiary/aromatic N) is 4. The molecule has 2 aromatic carbocycles. The fourth-order valence-electron chi connectivity index (χ4n) is 3.62. The highest BCUT2D eigenvalue weighted by Gasteiger charge is 2.27. The maximum atomic E-state index is 12.8. The van der Waals surface area contributed by atoms with Gasteiger partial charge in [-0.05, 0) is 48.4 Å². The quantitative estimate of drug-likeness (QED) is 0.628. The zero-order chi connectivity index (χ0) is 20.9. The molecule has 8 heteroatoms. The standard InChI is InChI=1S/C22H23ClN4O3/c23-19-5-1-16(2-6-19)18-9-10-26(11-18)22(29)17-3-7-21(8-4-17)30-13-20(28)12-27-15-24-14-25-27/h1-8,14-15,18,20,28H,9-13H2/t18-,20+/m0/s1. The Balaban J connectivity index is 1.29. The predicted octanol–water partition coefficient (Wildman–Crippen LogP) is 3.00. The molecule has 0 saturated carbocycles. The Labute approximate surface area is 179 Å². The van der Waals surface area contributed by atoms with Crippen molar-refractivity contribution in [3.63, 3.8) is 0 Å². The molecule has 30 heavy (non-hydrogen) atoms. The van der Waals surface area contributed by atoms with Gasteiger partial charge in [0.15, 0.2) is 0 Å². The number of halogens is 1. The number of aliphatic hydroxyl groups is 1. The van der Waals surface area contributed by atoms with Crippen molar-refractivity contribution in [3.05, 3.63) is 77.3 Å². The van der Waals surface area contributed by atoms with Gasteiger partial charge in [0, 0.05) is 29.6 Å². The van der Waals surface area contributed by atoms with Gasteiger partial charge in [-0.1, -0.05) is 23.7 Å². The maximum Gasteiger partial charge on any atom is 0.253 e. The van der Waals surface area contributed by atoms with Crippen LogP contribution in [0.2, 0.25) is 5.02 Å². The average molecular weight is 427 g/mol. The summed E-state index contributed by atoms with van der Waals surface area (Å²) in [6.45, 7) is 1.87. The highest BCUT2D eigenvalue weighted by atomic mass is 35.5. The first-order chi connectivity index (χ1) is 14.6. The second-order valence-electron chi connectivity index (χ2n) is 7.40. The van der Waals surface area contributed by atoms with Crippen molar-refractivity contribution in [3.8, 4) is 5.75 Å². The van der Waals surface area contributed by atoms with E-state index in [0.29, 0.717) is 30.3 Å². The number of carbonyl (C=O) groups is 1. The third-order valence-electron chi connectivity index (χ3n) is 5.22. The van der Waals surface area contributed by atoms with Gasteiger partial charge in [0.2, 0.25) is 0 Å². The first-order valence-corrected chi connectivity index (χ1v) is 10.2. The topological polar surface area (TPSA) is 80.5 Å². The maximum absolute atomic E-state index is 12.8. The number of ether oxygens (including phenoxy) is 1. The summed E-state index contributed by atoms with van der Waals surface area (Å²) in [5, 5.41) is 14.7. The van der Waals surface area contributed by atoms with Crippen molar-refractivity contribution < 1.29 is 14.6 Å². The molecule has 0 unspecified atom stereocenters.